The van der Waals surface area contributed by atoms with Crippen LogP contribution in [0.15, 0.2) is 0 Å². The highest BCUT2D eigenvalue weighted by atomic mass is 31.2. The van der Waals surface area contributed by atoms with Crippen molar-refractivity contribution >= 4 is 19.4 Å². The fourth-order valence-corrected chi connectivity index (χ4v) is 1.42. The maximum absolute atomic E-state index is 11.6. The summed E-state index contributed by atoms with van der Waals surface area (Å²) in [6.07, 6.45) is 1.83. The van der Waals surface area contributed by atoms with E-state index in [-0.39, 0.29) is 12.8 Å². The SMILES string of the molecule is CCCC(=O)NOP(C)(=O)ONC(=O)CCC. The molecule has 0 aromatic heterocycles. The molecule has 2 amide bonds. The first-order valence-electron chi connectivity index (χ1n) is 5.43. The zero-order valence-electron chi connectivity index (χ0n) is 10.3. The standard InChI is InChI=1S/C9H19N2O5P/c1-4-6-8(12)10-15-17(3,14)16-11-9(13)7-5-2/h4-7H2,1-3H3,(H,10,12)(H,11,13). The normalized spacial score (nSPS) is 11.0. The second-order valence-electron chi connectivity index (χ2n) is 3.50. The van der Waals surface area contributed by atoms with Crippen LogP contribution in [0.5, 0.6) is 0 Å². The molecule has 100 valence electrons. The number of hydrogen-bond acceptors (Lipinski definition) is 5. The number of hydrogen-bond donors (Lipinski definition) is 2. The zero-order chi connectivity index (χ0) is 13.3. The third-order valence-electron chi connectivity index (χ3n) is 1.60. The Bertz CT molecular complexity index is 282. The van der Waals surface area contributed by atoms with Crippen molar-refractivity contribution in [1.29, 1.82) is 0 Å². The van der Waals surface area contributed by atoms with Crippen molar-refractivity contribution < 1.29 is 23.4 Å². The molecule has 0 fully saturated rings. The van der Waals surface area contributed by atoms with Crippen LogP contribution in [0.1, 0.15) is 39.5 Å². The van der Waals surface area contributed by atoms with Crippen molar-refractivity contribution in [1.82, 2.24) is 11.0 Å². The van der Waals surface area contributed by atoms with Crippen LogP contribution in [0.25, 0.3) is 0 Å². The Balaban J connectivity index is 3.91. The first kappa shape index (κ1) is 16.1. The van der Waals surface area contributed by atoms with Crippen LogP contribution in [0.4, 0.5) is 0 Å². The molecule has 2 N–H and O–H groups in total. The van der Waals surface area contributed by atoms with Crippen molar-refractivity contribution in [2.24, 2.45) is 0 Å². The minimum Gasteiger partial charge on any atom is -0.273 e. The molecule has 0 heterocycles. The third kappa shape index (κ3) is 8.85. The molecule has 0 aliphatic heterocycles. The highest BCUT2D eigenvalue weighted by Gasteiger charge is 2.20. The van der Waals surface area contributed by atoms with E-state index < -0.39 is 19.4 Å². The molecule has 0 bridgehead atoms. The van der Waals surface area contributed by atoms with Crippen molar-refractivity contribution in [2.45, 2.75) is 39.5 Å². The first-order valence-corrected chi connectivity index (χ1v) is 7.42. The molecule has 0 radical (unpaired) electrons. The van der Waals surface area contributed by atoms with Gasteiger partial charge in [0.15, 0.2) is 0 Å². The van der Waals surface area contributed by atoms with Gasteiger partial charge in [0.2, 0.25) is 11.8 Å². The van der Waals surface area contributed by atoms with Gasteiger partial charge in [0, 0.05) is 19.5 Å². The molecule has 0 aromatic rings. The molecule has 0 unspecified atom stereocenters. The first-order chi connectivity index (χ1) is 7.91. The van der Waals surface area contributed by atoms with Gasteiger partial charge in [-0.3, -0.25) is 14.2 Å². The summed E-state index contributed by atoms with van der Waals surface area (Å²) in [6, 6.07) is 0. The molecule has 0 aliphatic carbocycles. The fraction of sp³-hybridized carbons (Fsp3) is 0.778. The molecular formula is C9H19N2O5P. The summed E-state index contributed by atoms with van der Waals surface area (Å²) in [4.78, 5) is 22.1. The Morgan fingerprint density at radius 3 is 1.65 bits per heavy atom. The quantitative estimate of drug-likeness (QED) is 0.513. The smallest absolute Gasteiger partial charge is 0.273 e. The maximum Gasteiger partial charge on any atom is 0.369 e. The van der Waals surface area contributed by atoms with Gasteiger partial charge < -0.3 is 0 Å². The van der Waals surface area contributed by atoms with Gasteiger partial charge in [-0.25, -0.2) is 11.0 Å². The summed E-state index contributed by atoms with van der Waals surface area (Å²) < 4.78 is 20.7. The third-order valence-corrected chi connectivity index (χ3v) is 2.45. The van der Waals surface area contributed by atoms with E-state index in [1.165, 1.54) is 0 Å². The lowest BCUT2D eigenvalue weighted by atomic mass is 10.3. The van der Waals surface area contributed by atoms with Crippen LogP contribution in [-0.2, 0) is 23.4 Å². The summed E-state index contributed by atoms with van der Waals surface area (Å²) in [6.45, 7) is 4.80. The molecule has 0 atom stereocenters. The second kappa shape index (κ2) is 8.22. The molecular weight excluding hydrogens is 247 g/mol. The second-order valence-corrected chi connectivity index (χ2v) is 5.41. The van der Waals surface area contributed by atoms with Crippen molar-refractivity contribution in [2.75, 3.05) is 6.66 Å². The Morgan fingerprint density at radius 2 is 1.35 bits per heavy atom. The monoisotopic (exact) mass is 266 g/mol. The predicted octanol–water partition coefficient (Wildman–Crippen LogP) is 1.51. The van der Waals surface area contributed by atoms with Crippen LogP contribution < -0.4 is 11.0 Å². The molecule has 0 saturated heterocycles. The number of carbonyl (C=O) groups excluding carboxylic acids is 2. The van der Waals surface area contributed by atoms with E-state index in [1.807, 2.05) is 24.8 Å². The van der Waals surface area contributed by atoms with E-state index in [1.54, 1.807) is 0 Å². The van der Waals surface area contributed by atoms with Crippen molar-refractivity contribution in [3.05, 3.63) is 0 Å². The highest BCUT2D eigenvalue weighted by molar-refractivity contribution is 7.52. The van der Waals surface area contributed by atoms with E-state index in [4.69, 9.17) is 0 Å². The number of amides is 2. The molecule has 0 rings (SSSR count). The van der Waals surface area contributed by atoms with Crippen molar-refractivity contribution in [3.8, 4) is 0 Å². The van der Waals surface area contributed by atoms with Gasteiger partial charge in [-0.15, -0.1) is 0 Å². The number of rotatable bonds is 8. The van der Waals surface area contributed by atoms with Gasteiger partial charge in [0.1, 0.15) is 0 Å². The van der Waals surface area contributed by atoms with E-state index >= 15 is 0 Å². The highest BCUT2D eigenvalue weighted by Crippen LogP contribution is 2.41. The van der Waals surface area contributed by atoms with Gasteiger partial charge in [-0.2, -0.15) is 9.25 Å². The summed E-state index contributed by atoms with van der Waals surface area (Å²) in [7, 11) is -3.51. The zero-order valence-corrected chi connectivity index (χ0v) is 11.2. The lowest BCUT2D eigenvalue weighted by Crippen LogP contribution is -2.26. The summed E-state index contributed by atoms with van der Waals surface area (Å²) in [5.74, 6) is -0.781. The van der Waals surface area contributed by atoms with Crippen LogP contribution in [0, 0.1) is 0 Å². The molecule has 8 heteroatoms. The minimum atomic E-state index is -3.51. The van der Waals surface area contributed by atoms with Gasteiger partial charge >= 0.3 is 7.60 Å². The van der Waals surface area contributed by atoms with E-state index in [9.17, 15) is 14.2 Å². The van der Waals surface area contributed by atoms with Crippen LogP contribution in [-0.4, -0.2) is 18.5 Å². The van der Waals surface area contributed by atoms with Gasteiger partial charge in [-0.1, -0.05) is 13.8 Å². The Hall–Kier alpha value is -0.910. The maximum atomic E-state index is 11.6. The molecule has 0 aliphatic rings. The average Bonchev–Trinajstić information content (AvgIpc) is 2.25. The fourth-order valence-electron chi connectivity index (χ4n) is 0.842. The van der Waals surface area contributed by atoms with E-state index in [0.29, 0.717) is 12.8 Å². The van der Waals surface area contributed by atoms with E-state index in [2.05, 4.69) is 9.25 Å². The number of carbonyl (C=O) groups is 2. The largest absolute Gasteiger partial charge is 0.369 e. The van der Waals surface area contributed by atoms with Gasteiger partial charge in [0.05, 0.1) is 0 Å². The lowest BCUT2D eigenvalue weighted by molar-refractivity contribution is -0.130. The molecule has 17 heavy (non-hydrogen) atoms. The molecule has 0 spiro atoms. The van der Waals surface area contributed by atoms with E-state index in [0.717, 1.165) is 6.66 Å². The summed E-state index contributed by atoms with van der Waals surface area (Å²) >= 11 is 0. The summed E-state index contributed by atoms with van der Waals surface area (Å²) in [5, 5.41) is 0. The Morgan fingerprint density at radius 1 is 1.00 bits per heavy atom. The Labute approximate surface area is 101 Å². The number of nitrogens with one attached hydrogen (secondary N) is 2. The topological polar surface area (TPSA) is 93.7 Å². The lowest BCUT2D eigenvalue weighted by Gasteiger charge is -2.13. The Kier molecular flexibility index (Phi) is 7.78. The van der Waals surface area contributed by atoms with Crippen LogP contribution >= 0.6 is 7.60 Å². The van der Waals surface area contributed by atoms with Crippen LogP contribution in [0.3, 0.4) is 0 Å². The average molecular weight is 266 g/mol. The molecule has 0 saturated carbocycles. The molecule has 0 aromatic carbocycles. The predicted molar refractivity (Wildman–Crippen MR) is 61.8 cm³/mol. The minimum absolute atomic E-state index is 0.266. The molecule has 7 nitrogen and oxygen atoms in total. The van der Waals surface area contributed by atoms with Crippen molar-refractivity contribution in [3.63, 3.8) is 0 Å². The summed E-state index contributed by atoms with van der Waals surface area (Å²) in [5.41, 5.74) is 4.00. The number of hydroxylamine groups is 2. The van der Waals surface area contributed by atoms with Crippen LogP contribution in [0.2, 0.25) is 0 Å². The van der Waals surface area contributed by atoms with Gasteiger partial charge in [0.25, 0.3) is 0 Å². The van der Waals surface area contributed by atoms with Gasteiger partial charge in [-0.05, 0) is 12.8 Å².